The molecule has 0 bridgehead atoms. The molecule has 0 saturated carbocycles. The van der Waals surface area contributed by atoms with Crippen LogP contribution in [-0.4, -0.2) is 33.9 Å². The fourth-order valence-corrected chi connectivity index (χ4v) is 1.70. The van der Waals surface area contributed by atoms with Gasteiger partial charge in [0.1, 0.15) is 11.3 Å². The molecule has 20 heavy (non-hydrogen) atoms. The Morgan fingerprint density at radius 2 is 2.05 bits per heavy atom. The maximum Gasteiger partial charge on any atom is 0.341 e. The Bertz CT molecular complexity index is 511. The van der Waals surface area contributed by atoms with Crippen molar-refractivity contribution >= 4 is 5.97 Å². The number of benzene rings is 1. The first-order valence-corrected chi connectivity index (χ1v) is 6.43. The second-order valence-electron chi connectivity index (χ2n) is 4.24. The first kappa shape index (κ1) is 16.1. The summed E-state index contributed by atoms with van der Waals surface area (Å²) in [6, 6.07) is 5.17. The van der Waals surface area contributed by atoms with Crippen molar-refractivity contribution in [3.63, 3.8) is 0 Å². The smallest absolute Gasteiger partial charge is 0.341 e. The lowest BCUT2D eigenvalue weighted by Gasteiger charge is -2.07. The van der Waals surface area contributed by atoms with E-state index in [1.165, 1.54) is 14.2 Å². The van der Waals surface area contributed by atoms with E-state index in [1.807, 2.05) is 0 Å². The maximum atomic E-state index is 11.5. The molecular formula is C16H20O4. The number of rotatable bonds is 5. The van der Waals surface area contributed by atoms with Crippen LogP contribution in [0.25, 0.3) is 0 Å². The summed E-state index contributed by atoms with van der Waals surface area (Å²) in [5, 5.41) is 0. The number of hydrogen-bond donors (Lipinski definition) is 0. The summed E-state index contributed by atoms with van der Waals surface area (Å²) in [6.45, 7) is 2.68. The van der Waals surface area contributed by atoms with Crippen LogP contribution in [0.5, 0.6) is 5.75 Å². The molecule has 0 aliphatic heterocycles. The predicted molar refractivity (Wildman–Crippen MR) is 76.9 cm³/mol. The fourth-order valence-electron chi connectivity index (χ4n) is 1.70. The Morgan fingerprint density at radius 1 is 1.30 bits per heavy atom. The Labute approximate surface area is 120 Å². The highest BCUT2D eigenvalue weighted by atomic mass is 16.5. The van der Waals surface area contributed by atoms with Crippen molar-refractivity contribution in [3.05, 3.63) is 29.3 Å². The summed E-state index contributed by atoms with van der Waals surface area (Å²) in [7, 11) is 4.52. The van der Waals surface area contributed by atoms with Crippen LogP contribution in [0.15, 0.2) is 18.2 Å². The zero-order chi connectivity index (χ0) is 15.0. The van der Waals surface area contributed by atoms with Crippen molar-refractivity contribution in [2.24, 2.45) is 5.92 Å². The van der Waals surface area contributed by atoms with E-state index in [9.17, 15) is 4.79 Å². The highest BCUT2D eigenvalue weighted by Gasteiger charge is 2.12. The molecule has 0 aliphatic carbocycles. The highest BCUT2D eigenvalue weighted by Crippen LogP contribution is 2.20. The molecule has 0 aromatic heterocycles. The van der Waals surface area contributed by atoms with Crippen LogP contribution in [0, 0.1) is 17.8 Å². The zero-order valence-corrected chi connectivity index (χ0v) is 12.4. The van der Waals surface area contributed by atoms with Gasteiger partial charge >= 0.3 is 5.97 Å². The van der Waals surface area contributed by atoms with Gasteiger partial charge in [-0.2, -0.15) is 0 Å². The van der Waals surface area contributed by atoms with Gasteiger partial charge in [0, 0.05) is 18.6 Å². The number of carbonyl (C=O) groups is 1. The molecule has 1 unspecified atom stereocenters. The van der Waals surface area contributed by atoms with Gasteiger partial charge in [-0.3, -0.25) is 0 Å². The quantitative estimate of drug-likeness (QED) is 0.612. The minimum Gasteiger partial charge on any atom is -0.496 e. The fraction of sp³-hybridized carbons (Fsp3) is 0.438. The summed E-state index contributed by atoms with van der Waals surface area (Å²) in [5.74, 6) is 6.47. The Kier molecular flexibility index (Phi) is 6.61. The number of esters is 1. The van der Waals surface area contributed by atoms with Crippen LogP contribution in [0.4, 0.5) is 0 Å². The lowest BCUT2D eigenvalue weighted by atomic mass is 10.1. The predicted octanol–water partition coefficient (Wildman–Crippen LogP) is 2.51. The van der Waals surface area contributed by atoms with E-state index < -0.39 is 5.97 Å². The minimum atomic E-state index is -0.424. The molecule has 0 amide bonds. The standard InChI is InChI=1S/C16H20O4/c1-5-12(11-18-2)6-7-13-8-9-14(16(17)20-4)15(10-13)19-3/h8-10,12H,5,11H2,1-4H3. The average Bonchev–Trinajstić information content (AvgIpc) is 2.50. The third-order valence-corrected chi connectivity index (χ3v) is 2.89. The van der Waals surface area contributed by atoms with Crippen molar-refractivity contribution < 1.29 is 19.0 Å². The second-order valence-corrected chi connectivity index (χ2v) is 4.24. The van der Waals surface area contributed by atoms with Gasteiger partial charge in [0.2, 0.25) is 0 Å². The SMILES string of the molecule is CCC(C#Cc1ccc(C(=O)OC)c(OC)c1)COC. The van der Waals surface area contributed by atoms with Crippen LogP contribution in [-0.2, 0) is 9.47 Å². The summed E-state index contributed by atoms with van der Waals surface area (Å²) < 4.78 is 15.0. The third kappa shape index (κ3) is 4.29. The molecule has 0 heterocycles. The lowest BCUT2D eigenvalue weighted by molar-refractivity contribution is 0.0597. The van der Waals surface area contributed by atoms with Gasteiger partial charge in [-0.1, -0.05) is 18.8 Å². The largest absolute Gasteiger partial charge is 0.496 e. The molecule has 0 fully saturated rings. The van der Waals surface area contributed by atoms with E-state index in [2.05, 4.69) is 18.8 Å². The Hall–Kier alpha value is -1.99. The Balaban J connectivity index is 2.99. The van der Waals surface area contributed by atoms with Gasteiger partial charge in [-0.05, 0) is 24.6 Å². The second kappa shape index (κ2) is 8.23. The van der Waals surface area contributed by atoms with Gasteiger partial charge in [-0.25, -0.2) is 4.79 Å². The molecule has 0 saturated heterocycles. The molecule has 0 radical (unpaired) electrons. The maximum absolute atomic E-state index is 11.5. The van der Waals surface area contributed by atoms with Crippen LogP contribution in [0.2, 0.25) is 0 Å². The Morgan fingerprint density at radius 3 is 2.60 bits per heavy atom. The van der Waals surface area contributed by atoms with Crippen molar-refractivity contribution in [3.8, 4) is 17.6 Å². The molecule has 1 aromatic carbocycles. The molecular weight excluding hydrogens is 256 g/mol. The van der Waals surface area contributed by atoms with E-state index in [0.29, 0.717) is 17.9 Å². The molecule has 1 aromatic rings. The first-order chi connectivity index (χ1) is 9.65. The average molecular weight is 276 g/mol. The van der Waals surface area contributed by atoms with Crippen molar-refractivity contribution in [2.45, 2.75) is 13.3 Å². The summed E-state index contributed by atoms with van der Waals surface area (Å²) in [5.41, 5.74) is 1.19. The van der Waals surface area contributed by atoms with Crippen LogP contribution >= 0.6 is 0 Å². The van der Waals surface area contributed by atoms with Gasteiger partial charge in [-0.15, -0.1) is 0 Å². The number of methoxy groups -OCH3 is 3. The van der Waals surface area contributed by atoms with Gasteiger partial charge in [0.15, 0.2) is 0 Å². The van der Waals surface area contributed by atoms with Crippen molar-refractivity contribution in [1.82, 2.24) is 0 Å². The monoisotopic (exact) mass is 276 g/mol. The summed E-state index contributed by atoms with van der Waals surface area (Å²) in [6.07, 6.45) is 0.929. The number of ether oxygens (including phenoxy) is 3. The summed E-state index contributed by atoms with van der Waals surface area (Å²) in [4.78, 5) is 11.5. The number of hydrogen-bond acceptors (Lipinski definition) is 4. The molecule has 1 atom stereocenters. The molecule has 108 valence electrons. The van der Waals surface area contributed by atoms with E-state index in [0.717, 1.165) is 12.0 Å². The molecule has 4 heteroatoms. The van der Waals surface area contributed by atoms with Gasteiger partial charge in [0.25, 0.3) is 0 Å². The molecule has 1 rings (SSSR count). The van der Waals surface area contributed by atoms with Crippen LogP contribution in [0.3, 0.4) is 0 Å². The van der Waals surface area contributed by atoms with Gasteiger partial charge in [0.05, 0.1) is 20.8 Å². The summed E-state index contributed by atoms with van der Waals surface area (Å²) >= 11 is 0. The van der Waals surface area contributed by atoms with E-state index >= 15 is 0 Å². The molecule has 0 aliphatic rings. The van der Waals surface area contributed by atoms with E-state index in [1.54, 1.807) is 25.3 Å². The zero-order valence-electron chi connectivity index (χ0n) is 12.4. The number of carbonyl (C=O) groups excluding carboxylic acids is 1. The molecule has 0 N–H and O–H groups in total. The lowest BCUT2D eigenvalue weighted by Crippen LogP contribution is -2.05. The molecule has 4 nitrogen and oxygen atoms in total. The van der Waals surface area contributed by atoms with E-state index in [-0.39, 0.29) is 5.92 Å². The van der Waals surface area contributed by atoms with Crippen LogP contribution in [0.1, 0.15) is 29.3 Å². The van der Waals surface area contributed by atoms with E-state index in [4.69, 9.17) is 14.2 Å². The first-order valence-electron chi connectivity index (χ1n) is 6.43. The normalized spacial score (nSPS) is 11.2. The topological polar surface area (TPSA) is 44.8 Å². The molecule has 0 spiro atoms. The van der Waals surface area contributed by atoms with Gasteiger partial charge < -0.3 is 14.2 Å². The van der Waals surface area contributed by atoms with Crippen molar-refractivity contribution in [1.29, 1.82) is 0 Å². The van der Waals surface area contributed by atoms with Crippen LogP contribution < -0.4 is 4.74 Å². The van der Waals surface area contributed by atoms with Crippen molar-refractivity contribution in [2.75, 3.05) is 27.9 Å². The highest BCUT2D eigenvalue weighted by molar-refractivity contribution is 5.92. The minimum absolute atomic E-state index is 0.200. The third-order valence-electron chi connectivity index (χ3n) is 2.89.